The van der Waals surface area contributed by atoms with E-state index in [1.54, 1.807) is 6.07 Å². The smallest absolute Gasteiger partial charge is 0.341 e. The first-order chi connectivity index (χ1) is 9.31. The Hall–Kier alpha value is -1.75. The van der Waals surface area contributed by atoms with Crippen molar-refractivity contribution in [3.63, 3.8) is 0 Å². The summed E-state index contributed by atoms with van der Waals surface area (Å²) in [7, 11) is 0. The van der Waals surface area contributed by atoms with Gasteiger partial charge in [-0.05, 0) is 31.0 Å². The van der Waals surface area contributed by atoms with Gasteiger partial charge in [0.15, 0.2) is 6.10 Å². The molecule has 5 nitrogen and oxygen atoms in total. The van der Waals surface area contributed by atoms with Crippen molar-refractivity contribution in [2.75, 3.05) is 12.3 Å². The number of nitrogen functional groups attached to an aromatic ring is 1. The summed E-state index contributed by atoms with van der Waals surface area (Å²) in [5, 5.41) is 3.07. The van der Waals surface area contributed by atoms with Crippen LogP contribution in [0.15, 0.2) is 18.2 Å². The van der Waals surface area contributed by atoms with Crippen LogP contribution >= 0.6 is 11.6 Å². The Balaban J connectivity index is 2.65. The van der Waals surface area contributed by atoms with Crippen molar-refractivity contribution >= 4 is 29.2 Å². The van der Waals surface area contributed by atoms with E-state index in [-0.39, 0.29) is 17.2 Å². The molecule has 1 aromatic rings. The third-order valence-corrected chi connectivity index (χ3v) is 2.81. The van der Waals surface area contributed by atoms with Gasteiger partial charge in [0.2, 0.25) is 0 Å². The van der Waals surface area contributed by atoms with Gasteiger partial charge in [0.25, 0.3) is 5.91 Å². The lowest BCUT2D eigenvalue weighted by Gasteiger charge is -2.15. The van der Waals surface area contributed by atoms with Crippen LogP contribution in [0.25, 0.3) is 0 Å². The maximum atomic E-state index is 11.9. The zero-order valence-electron chi connectivity index (χ0n) is 11.8. The molecule has 0 aliphatic rings. The topological polar surface area (TPSA) is 81.4 Å². The molecule has 1 amide bonds. The number of benzene rings is 1. The standard InChI is InChI=1S/C14H19ClN2O3/c1-8(2)7-17-13(18)9(3)20-14(19)11-6-10(15)4-5-12(11)16/h4-6,8-9H,7,16H2,1-3H3,(H,17,18). The number of carbonyl (C=O) groups excluding carboxylic acids is 2. The van der Waals surface area contributed by atoms with Crippen LogP contribution in [-0.4, -0.2) is 24.5 Å². The molecule has 0 radical (unpaired) electrons. The molecule has 110 valence electrons. The Bertz CT molecular complexity index is 503. The second kappa shape index (κ2) is 7.14. The number of carbonyl (C=O) groups is 2. The van der Waals surface area contributed by atoms with Crippen molar-refractivity contribution < 1.29 is 14.3 Å². The predicted molar refractivity (Wildman–Crippen MR) is 78.6 cm³/mol. The van der Waals surface area contributed by atoms with Gasteiger partial charge in [0.1, 0.15) is 0 Å². The van der Waals surface area contributed by atoms with Crippen LogP contribution in [0, 0.1) is 5.92 Å². The lowest BCUT2D eigenvalue weighted by Crippen LogP contribution is -2.37. The van der Waals surface area contributed by atoms with E-state index in [2.05, 4.69) is 5.32 Å². The highest BCUT2D eigenvalue weighted by molar-refractivity contribution is 6.31. The average molecular weight is 299 g/mol. The number of amides is 1. The monoisotopic (exact) mass is 298 g/mol. The van der Waals surface area contributed by atoms with Gasteiger partial charge in [-0.2, -0.15) is 0 Å². The quantitative estimate of drug-likeness (QED) is 0.645. The first kappa shape index (κ1) is 16.3. The molecule has 1 unspecified atom stereocenters. The second-order valence-corrected chi connectivity index (χ2v) is 5.35. The molecule has 3 N–H and O–H groups in total. The van der Waals surface area contributed by atoms with Crippen LogP contribution in [0.3, 0.4) is 0 Å². The highest BCUT2D eigenvalue weighted by atomic mass is 35.5. The van der Waals surface area contributed by atoms with E-state index in [9.17, 15) is 9.59 Å². The molecule has 1 atom stereocenters. The zero-order valence-corrected chi connectivity index (χ0v) is 12.5. The molecule has 0 aromatic heterocycles. The molecule has 1 aromatic carbocycles. The molecule has 0 bridgehead atoms. The maximum absolute atomic E-state index is 11.9. The number of hydrogen-bond acceptors (Lipinski definition) is 4. The average Bonchev–Trinajstić information content (AvgIpc) is 2.38. The largest absolute Gasteiger partial charge is 0.449 e. The van der Waals surface area contributed by atoms with E-state index in [0.29, 0.717) is 17.5 Å². The number of nitrogens with two attached hydrogens (primary N) is 1. The first-order valence-corrected chi connectivity index (χ1v) is 6.72. The van der Waals surface area contributed by atoms with Gasteiger partial charge in [-0.1, -0.05) is 25.4 Å². The number of halogens is 1. The Morgan fingerprint density at radius 1 is 1.35 bits per heavy atom. The Morgan fingerprint density at radius 3 is 2.60 bits per heavy atom. The Morgan fingerprint density at radius 2 is 2.00 bits per heavy atom. The van der Waals surface area contributed by atoms with E-state index in [0.717, 1.165) is 0 Å². The molecule has 0 saturated carbocycles. The molecule has 0 aliphatic carbocycles. The van der Waals surface area contributed by atoms with Gasteiger partial charge in [-0.3, -0.25) is 4.79 Å². The SMILES string of the molecule is CC(C)CNC(=O)C(C)OC(=O)c1cc(Cl)ccc1N. The van der Waals surface area contributed by atoms with E-state index in [1.807, 2.05) is 13.8 Å². The van der Waals surface area contributed by atoms with E-state index >= 15 is 0 Å². The Kier molecular flexibility index (Phi) is 5.82. The van der Waals surface area contributed by atoms with Crippen molar-refractivity contribution in [3.8, 4) is 0 Å². The minimum absolute atomic E-state index is 0.154. The number of hydrogen-bond donors (Lipinski definition) is 2. The van der Waals surface area contributed by atoms with Crippen molar-refractivity contribution in [2.45, 2.75) is 26.9 Å². The minimum Gasteiger partial charge on any atom is -0.449 e. The molecule has 0 aliphatic heterocycles. The van der Waals surface area contributed by atoms with Crippen molar-refractivity contribution in [3.05, 3.63) is 28.8 Å². The summed E-state index contributed by atoms with van der Waals surface area (Å²) >= 11 is 5.80. The van der Waals surface area contributed by atoms with Crippen LogP contribution in [0.1, 0.15) is 31.1 Å². The third kappa shape index (κ3) is 4.74. The molecule has 0 spiro atoms. The third-order valence-electron chi connectivity index (χ3n) is 2.57. The van der Waals surface area contributed by atoms with Crippen LogP contribution < -0.4 is 11.1 Å². The molecule has 0 fully saturated rings. The maximum Gasteiger partial charge on any atom is 0.341 e. The van der Waals surface area contributed by atoms with Gasteiger partial charge in [-0.25, -0.2) is 4.79 Å². The van der Waals surface area contributed by atoms with Crippen LogP contribution in [0.2, 0.25) is 5.02 Å². The summed E-state index contributed by atoms with van der Waals surface area (Å²) in [5.74, 6) is -0.685. The van der Waals surface area contributed by atoms with Crippen LogP contribution in [0.4, 0.5) is 5.69 Å². The van der Waals surface area contributed by atoms with Gasteiger partial charge < -0.3 is 15.8 Å². The zero-order chi connectivity index (χ0) is 15.3. The Labute approximate surface area is 123 Å². The fourth-order valence-corrected chi connectivity index (χ4v) is 1.60. The summed E-state index contributed by atoms with van der Waals surface area (Å²) in [6, 6.07) is 4.51. The molecule has 6 heteroatoms. The molecular weight excluding hydrogens is 280 g/mol. The highest BCUT2D eigenvalue weighted by Gasteiger charge is 2.20. The van der Waals surface area contributed by atoms with E-state index in [1.165, 1.54) is 19.1 Å². The number of esters is 1. The highest BCUT2D eigenvalue weighted by Crippen LogP contribution is 2.19. The van der Waals surface area contributed by atoms with E-state index in [4.69, 9.17) is 22.1 Å². The fourth-order valence-electron chi connectivity index (χ4n) is 1.43. The molecular formula is C14H19ClN2O3. The van der Waals surface area contributed by atoms with Crippen molar-refractivity contribution in [1.82, 2.24) is 5.32 Å². The molecule has 1 rings (SSSR count). The molecule has 20 heavy (non-hydrogen) atoms. The predicted octanol–water partition coefficient (Wildman–Crippen LogP) is 2.24. The lowest BCUT2D eigenvalue weighted by atomic mass is 10.2. The lowest BCUT2D eigenvalue weighted by molar-refractivity contribution is -0.129. The molecule has 0 heterocycles. The van der Waals surface area contributed by atoms with E-state index < -0.39 is 12.1 Å². The van der Waals surface area contributed by atoms with Gasteiger partial charge in [-0.15, -0.1) is 0 Å². The molecule has 0 saturated heterocycles. The van der Waals surface area contributed by atoms with Crippen molar-refractivity contribution in [2.24, 2.45) is 5.92 Å². The van der Waals surface area contributed by atoms with Crippen molar-refractivity contribution in [1.29, 1.82) is 0 Å². The van der Waals surface area contributed by atoms with Gasteiger partial charge in [0, 0.05) is 17.3 Å². The first-order valence-electron chi connectivity index (χ1n) is 6.35. The second-order valence-electron chi connectivity index (χ2n) is 4.92. The minimum atomic E-state index is -0.889. The normalized spacial score (nSPS) is 12.1. The number of ether oxygens (including phenoxy) is 1. The summed E-state index contributed by atoms with van der Waals surface area (Å²) in [6.45, 7) is 5.99. The number of anilines is 1. The number of nitrogens with one attached hydrogen (secondary N) is 1. The number of rotatable bonds is 5. The van der Waals surface area contributed by atoms with Gasteiger partial charge in [0.05, 0.1) is 5.56 Å². The van der Waals surface area contributed by atoms with Crippen LogP contribution in [0.5, 0.6) is 0 Å². The summed E-state index contributed by atoms with van der Waals surface area (Å²) < 4.78 is 5.08. The van der Waals surface area contributed by atoms with Crippen LogP contribution in [-0.2, 0) is 9.53 Å². The van der Waals surface area contributed by atoms with Gasteiger partial charge >= 0.3 is 5.97 Å². The summed E-state index contributed by atoms with van der Waals surface area (Å²) in [4.78, 5) is 23.7. The fraction of sp³-hybridized carbons (Fsp3) is 0.429. The summed E-state index contributed by atoms with van der Waals surface area (Å²) in [5.41, 5.74) is 6.09. The summed E-state index contributed by atoms with van der Waals surface area (Å²) in [6.07, 6.45) is -0.889.